The third-order valence-electron chi connectivity index (χ3n) is 8.52. The molecule has 2 aromatic carbocycles. The number of anilines is 1. The van der Waals surface area contributed by atoms with Crippen molar-refractivity contribution >= 4 is 35.1 Å². The summed E-state index contributed by atoms with van der Waals surface area (Å²) in [6.07, 6.45) is 5.74. The Morgan fingerprint density at radius 1 is 1.00 bits per heavy atom. The largest absolute Gasteiger partial charge is 0.491 e. The first-order valence-corrected chi connectivity index (χ1v) is 13.5. The number of carbonyl (C=O) groups is 4. The van der Waals surface area contributed by atoms with Gasteiger partial charge in [-0.1, -0.05) is 48.6 Å². The first kappa shape index (κ1) is 25.9. The lowest BCUT2D eigenvalue weighted by Crippen LogP contribution is -2.39. The average Bonchev–Trinajstić information content (AvgIpc) is 3.23. The average molecular weight is 536 g/mol. The molecule has 4 unspecified atom stereocenters. The number of amides is 2. The van der Waals surface area contributed by atoms with Crippen molar-refractivity contribution in [3.8, 4) is 5.75 Å². The van der Waals surface area contributed by atoms with E-state index in [9.17, 15) is 19.2 Å². The van der Waals surface area contributed by atoms with Crippen molar-refractivity contribution in [1.29, 1.82) is 0 Å². The summed E-state index contributed by atoms with van der Waals surface area (Å²) in [6, 6.07) is 14.4. The Balaban J connectivity index is 1.42. The maximum Gasteiger partial charge on any atom is 0.238 e. The SMILES string of the molecule is C=Cc1ccc(N2C(=O)C3CC=C4C(c5ccc(OCCO)cc5)C5=C(CC4C3C2=O)C(=O)C(C)=CC5=O)cc1. The molecular weight excluding hydrogens is 506 g/mol. The minimum absolute atomic E-state index is 0.109. The molecule has 202 valence electrons. The fourth-order valence-corrected chi connectivity index (χ4v) is 6.70. The molecule has 0 spiro atoms. The molecule has 6 rings (SSSR count). The molecule has 1 heterocycles. The molecule has 2 aromatic rings. The van der Waals surface area contributed by atoms with Crippen LogP contribution in [-0.2, 0) is 19.2 Å². The summed E-state index contributed by atoms with van der Waals surface area (Å²) in [6.45, 7) is 5.45. The zero-order chi connectivity index (χ0) is 28.1. The van der Waals surface area contributed by atoms with E-state index in [2.05, 4.69) is 6.58 Å². The summed E-state index contributed by atoms with van der Waals surface area (Å²) in [5, 5.41) is 9.08. The number of benzene rings is 2. The van der Waals surface area contributed by atoms with Crippen LogP contribution in [0.3, 0.4) is 0 Å². The van der Waals surface area contributed by atoms with Crippen LogP contribution < -0.4 is 9.64 Å². The first-order valence-electron chi connectivity index (χ1n) is 13.5. The van der Waals surface area contributed by atoms with Crippen molar-refractivity contribution in [1.82, 2.24) is 0 Å². The number of ketones is 2. The van der Waals surface area contributed by atoms with Gasteiger partial charge in [-0.3, -0.25) is 24.1 Å². The van der Waals surface area contributed by atoms with Crippen molar-refractivity contribution in [3.05, 3.63) is 101 Å². The molecular formula is C33H29NO6. The second kappa shape index (κ2) is 9.99. The van der Waals surface area contributed by atoms with Crippen molar-refractivity contribution in [2.24, 2.45) is 17.8 Å². The third-order valence-corrected chi connectivity index (χ3v) is 8.52. The van der Waals surface area contributed by atoms with Crippen LogP contribution in [0.2, 0.25) is 0 Å². The Bertz CT molecular complexity index is 1540. The molecule has 0 saturated carbocycles. The highest BCUT2D eigenvalue weighted by Crippen LogP contribution is 2.55. The third kappa shape index (κ3) is 4.00. The molecule has 1 saturated heterocycles. The molecule has 40 heavy (non-hydrogen) atoms. The monoisotopic (exact) mass is 535 g/mol. The maximum absolute atomic E-state index is 14.0. The summed E-state index contributed by atoms with van der Waals surface area (Å²) < 4.78 is 5.51. The summed E-state index contributed by atoms with van der Waals surface area (Å²) in [4.78, 5) is 55.6. The predicted molar refractivity (Wildman–Crippen MR) is 149 cm³/mol. The highest BCUT2D eigenvalue weighted by molar-refractivity contribution is 6.25. The van der Waals surface area contributed by atoms with Gasteiger partial charge in [0.05, 0.1) is 24.1 Å². The van der Waals surface area contributed by atoms with Crippen LogP contribution in [0.25, 0.3) is 6.08 Å². The van der Waals surface area contributed by atoms with Gasteiger partial charge in [-0.25, -0.2) is 0 Å². The van der Waals surface area contributed by atoms with E-state index in [1.54, 1.807) is 37.3 Å². The van der Waals surface area contributed by atoms with Crippen LogP contribution in [0, 0.1) is 17.8 Å². The summed E-state index contributed by atoms with van der Waals surface area (Å²) in [5.74, 6) is -2.35. The van der Waals surface area contributed by atoms with E-state index >= 15 is 0 Å². The first-order chi connectivity index (χ1) is 19.3. The number of hydrogen-bond acceptors (Lipinski definition) is 6. The minimum Gasteiger partial charge on any atom is -0.491 e. The minimum atomic E-state index is -0.621. The Morgan fingerprint density at radius 3 is 2.40 bits per heavy atom. The van der Waals surface area contributed by atoms with Gasteiger partial charge in [0.15, 0.2) is 11.6 Å². The molecule has 1 N–H and O–H groups in total. The van der Waals surface area contributed by atoms with Crippen LogP contribution >= 0.6 is 0 Å². The number of rotatable bonds is 6. The zero-order valence-corrected chi connectivity index (χ0v) is 22.1. The maximum atomic E-state index is 14.0. The summed E-state index contributed by atoms with van der Waals surface area (Å²) in [5.41, 5.74) is 4.39. The van der Waals surface area contributed by atoms with Gasteiger partial charge in [-0.05, 0) is 67.2 Å². The number of Topliss-reactive ketones (excluding diaryl/α,β-unsaturated/α-hetero) is 1. The molecule has 1 aliphatic heterocycles. The lowest BCUT2D eigenvalue weighted by Gasteiger charge is -2.42. The van der Waals surface area contributed by atoms with Crippen molar-refractivity contribution in [3.63, 3.8) is 0 Å². The quantitative estimate of drug-likeness (QED) is 0.336. The van der Waals surface area contributed by atoms with Gasteiger partial charge in [0, 0.05) is 22.6 Å². The second-order valence-electron chi connectivity index (χ2n) is 10.7. The number of carbonyl (C=O) groups excluding carboxylic acids is 4. The van der Waals surface area contributed by atoms with Gasteiger partial charge >= 0.3 is 0 Å². The fourth-order valence-electron chi connectivity index (χ4n) is 6.70. The van der Waals surface area contributed by atoms with Crippen LogP contribution in [0.4, 0.5) is 5.69 Å². The number of aliphatic hydroxyl groups is 1. The molecule has 0 aromatic heterocycles. The molecule has 7 heteroatoms. The molecule has 4 atom stereocenters. The van der Waals surface area contributed by atoms with Crippen molar-refractivity contribution in [2.45, 2.75) is 25.7 Å². The number of fused-ring (bicyclic) bond motifs is 3. The van der Waals surface area contributed by atoms with Crippen LogP contribution in [0.15, 0.2) is 89.6 Å². The van der Waals surface area contributed by atoms with Crippen molar-refractivity contribution in [2.75, 3.05) is 18.1 Å². The number of ether oxygens (including phenoxy) is 1. The van der Waals surface area contributed by atoms with Gasteiger partial charge in [-0.2, -0.15) is 0 Å². The van der Waals surface area contributed by atoms with E-state index < -0.39 is 17.8 Å². The number of nitrogens with zero attached hydrogens (tertiary/aromatic N) is 1. The molecule has 0 bridgehead atoms. The fraction of sp³-hybridized carbons (Fsp3) is 0.273. The van der Waals surface area contributed by atoms with E-state index in [0.717, 1.165) is 16.7 Å². The smallest absolute Gasteiger partial charge is 0.238 e. The molecule has 0 radical (unpaired) electrons. The van der Waals surface area contributed by atoms with E-state index in [1.807, 2.05) is 30.3 Å². The summed E-state index contributed by atoms with van der Waals surface area (Å²) >= 11 is 0. The van der Waals surface area contributed by atoms with E-state index in [4.69, 9.17) is 9.84 Å². The normalized spacial score (nSPS) is 25.7. The lowest BCUT2D eigenvalue weighted by atomic mass is 9.59. The number of imide groups is 1. The lowest BCUT2D eigenvalue weighted by molar-refractivity contribution is -0.123. The van der Waals surface area contributed by atoms with Crippen LogP contribution in [-0.4, -0.2) is 41.7 Å². The highest BCUT2D eigenvalue weighted by Gasteiger charge is 2.56. The molecule has 4 aliphatic rings. The van der Waals surface area contributed by atoms with Crippen LogP contribution in [0.5, 0.6) is 5.75 Å². The Hall–Kier alpha value is -4.36. The Kier molecular flexibility index (Phi) is 6.47. The van der Waals surface area contributed by atoms with Crippen LogP contribution in [0.1, 0.15) is 36.8 Å². The molecule has 1 fully saturated rings. The Morgan fingerprint density at radius 2 is 1.73 bits per heavy atom. The number of allylic oxidation sites excluding steroid dienone is 6. The highest BCUT2D eigenvalue weighted by atomic mass is 16.5. The molecule has 7 nitrogen and oxygen atoms in total. The van der Waals surface area contributed by atoms with Crippen molar-refractivity contribution < 1.29 is 29.0 Å². The van der Waals surface area contributed by atoms with Gasteiger partial charge in [0.1, 0.15) is 12.4 Å². The Labute approximate surface area is 232 Å². The molecule has 3 aliphatic carbocycles. The number of hydrogen-bond donors (Lipinski definition) is 1. The predicted octanol–water partition coefficient (Wildman–Crippen LogP) is 4.33. The van der Waals surface area contributed by atoms with Gasteiger partial charge in [0.25, 0.3) is 0 Å². The topological polar surface area (TPSA) is 101 Å². The van der Waals surface area contributed by atoms with Gasteiger partial charge in [0.2, 0.25) is 11.8 Å². The molecule has 2 amide bonds. The van der Waals surface area contributed by atoms with E-state index in [0.29, 0.717) is 34.6 Å². The zero-order valence-electron chi connectivity index (χ0n) is 22.1. The summed E-state index contributed by atoms with van der Waals surface area (Å²) in [7, 11) is 0. The second-order valence-corrected chi connectivity index (χ2v) is 10.7. The standard InChI is InChI=1S/C33H29NO6/c1-3-19-4-8-21(9-5-19)34-32(38)24-13-12-23-25(29(24)33(34)39)17-26-30(27(36)16-18(2)31(26)37)28(23)20-6-10-22(11-7-20)40-15-14-35/h3-12,16,24-25,28-29,35H,1,13-15,17H2,2H3. The van der Waals surface area contributed by atoms with Gasteiger partial charge in [-0.15, -0.1) is 0 Å². The van der Waals surface area contributed by atoms with E-state index in [1.165, 1.54) is 11.0 Å². The number of aliphatic hydroxyl groups excluding tert-OH is 1. The van der Waals surface area contributed by atoms with Gasteiger partial charge < -0.3 is 9.84 Å². The van der Waals surface area contributed by atoms with E-state index in [-0.39, 0.29) is 48.9 Å².